The number of benzene rings is 2. The van der Waals surface area contributed by atoms with Crippen LogP contribution in [0, 0.1) is 6.92 Å². The van der Waals surface area contributed by atoms with Gasteiger partial charge < -0.3 is 14.2 Å². The molecule has 0 saturated carbocycles. The van der Waals surface area contributed by atoms with Crippen LogP contribution in [0.5, 0.6) is 11.5 Å². The highest BCUT2D eigenvalue weighted by atomic mass is 16.5. The van der Waals surface area contributed by atoms with Crippen molar-refractivity contribution in [3.8, 4) is 17.2 Å². The lowest BCUT2D eigenvalue weighted by Gasteiger charge is -2.16. The van der Waals surface area contributed by atoms with E-state index >= 15 is 0 Å². The van der Waals surface area contributed by atoms with Gasteiger partial charge in [-0.2, -0.15) is 0 Å². The van der Waals surface area contributed by atoms with Crippen LogP contribution in [0.1, 0.15) is 21.6 Å². The number of carbonyl (C=O) groups excluding carboxylic acids is 1. The first-order chi connectivity index (χ1) is 16.4. The fourth-order valence-electron chi connectivity index (χ4n) is 3.81. The second kappa shape index (κ2) is 9.22. The Morgan fingerprint density at radius 3 is 2.29 bits per heavy atom. The van der Waals surface area contributed by atoms with Crippen LogP contribution in [-0.4, -0.2) is 41.4 Å². The van der Waals surface area contributed by atoms with Crippen molar-refractivity contribution < 1.29 is 19.0 Å². The summed E-state index contributed by atoms with van der Waals surface area (Å²) in [6.07, 6.45) is 0. The Morgan fingerprint density at radius 2 is 1.62 bits per heavy atom. The predicted molar refractivity (Wildman–Crippen MR) is 126 cm³/mol. The van der Waals surface area contributed by atoms with E-state index in [1.165, 1.54) is 32.0 Å². The number of aryl methyl sites for hydroxylation is 1. The van der Waals surface area contributed by atoms with E-state index in [1.54, 1.807) is 55.5 Å². The Labute approximate surface area is 194 Å². The molecular weight excluding hydrogens is 438 g/mol. The quantitative estimate of drug-likeness (QED) is 0.407. The van der Waals surface area contributed by atoms with Crippen LogP contribution in [0.4, 0.5) is 0 Å². The van der Waals surface area contributed by atoms with Crippen LogP contribution in [0.25, 0.3) is 16.7 Å². The highest BCUT2D eigenvalue weighted by molar-refractivity contribution is 6.02. The van der Waals surface area contributed by atoms with Crippen molar-refractivity contribution >= 4 is 17.0 Å². The van der Waals surface area contributed by atoms with Gasteiger partial charge in [0.2, 0.25) is 0 Å². The van der Waals surface area contributed by atoms with Crippen molar-refractivity contribution in [2.24, 2.45) is 0 Å². The third-order valence-electron chi connectivity index (χ3n) is 5.41. The zero-order chi connectivity index (χ0) is 24.4. The van der Waals surface area contributed by atoms with Crippen LogP contribution in [-0.2, 0) is 11.3 Å². The number of ether oxygens (including phenoxy) is 3. The average Bonchev–Trinajstić information content (AvgIpc) is 2.85. The number of pyridine rings is 1. The number of esters is 1. The first-order valence-corrected chi connectivity index (χ1v) is 10.4. The van der Waals surface area contributed by atoms with E-state index in [2.05, 4.69) is 4.98 Å². The monoisotopic (exact) mass is 461 g/mol. The molecule has 9 heteroatoms. The number of hydrogen-bond acceptors (Lipinski definition) is 7. The summed E-state index contributed by atoms with van der Waals surface area (Å²) in [6, 6.07) is 15.3. The van der Waals surface area contributed by atoms with Gasteiger partial charge in [-0.3, -0.25) is 9.36 Å². The number of rotatable bonds is 6. The first-order valence-electron chi connectivity index (χ1n) is 10.4. The maximum absolute atomic E-state index is 13.7. The SMILES string of the molecule is COC(=O)c1cc(C)nc2c1c(=O)n(Cc1cccc(OC)c1)c(=O)n2-c1cccc(OC)c1. The highest BCUT2D eigenvalue weighted by Gasteiger charge is 2.23. The molecule has 4 rings (SSSR count). The number of nitrogens with zero attached hydrogens (tertiary/aromatic N) is 3. The van der Waals surface area contributed by atoms with Crippen molar-refractivity contribution in [3.63, 3.8) is 0 Å². The summed E-state index contributed by atoms with van der Waals surface area (Å²) in [5, 5.41) is -0.0113. The zero-order valence-corrected chi connectivity index (χ0v) is 19.2. The molecule has 9 nitrogen and oxygen atoms in total. The smallest absolute Gasteiger partial charge is 0.338 e. The molecule has 0 aliphatic rings. The molecule has 174 valence electrons. The van der Waals surface area contributed by atoms with Crippen LogP contribution >= 0.6 is 0 Å². The minimum Gasteiger partial charge on any atom is -0.497 e. The van der Waals surface area contributed by atoms with Gasteiger partial charge in [0.15, 0.2) is 5.65 Å². The van der Waals surface area contributed by atoms with Crippen LogP contribution in [0.15, 0.2) is 64.2 Å². The summed E-state index contributed by atoms with van der Waals surface area (Å²) in [5.74, 6) is 0.410. The standard InChI is InChI=1S/C25H23N3O6/c1-15-11-20(24(30)34-4)21-22(26-15)28(17-8-6-10-19(13-17)33-3)25(31)27(23(21)29)14-16-7-5-9-18(12-16)32-2/h5-13H,14H2,1-4H3. The molecule has 0 spiro atoms. The Morgan fingerprint density at radius 1 is 0.941 bits per heavy atom. The van der Waals surface area contributed by atoms with Gasteiger partial charge in [-0.15, -0.1) is 0 Å². The van der Waals surface area contributed by atoms with Crippen LogP contribution in [0.3, 0.4) is 0 Å². The molecule has 0 atom stereocenters. The number of fused-ring (bicyclic) bond motifs is 1. The van der Waals surface area contributed by atoms with Crippen molar-refractivity contribution in [2.45, 2.75) is 13.5 Å². The van der Waals surface area contributed by atoms with E-state index in [1.807, 2.05) is 0 Å². The molecule has 2 heterocycles. The largest absolute Gasteiger partial charge is 0.497 e. The summed E-state index contributed by atoms with van der Waals surface area (Å²) in [6.45, 7) is 1.64. The van der Waals surface area contributed by atoms with E-state index in [9.17, 15) is 14.4 Å². The van der Waals surface area contributed by atoms with Crippen LogP contribution < -0.4 is 20.7 Å². The van der Waals surface area contributed by atoms with Gasteiger partial charge in [0.1, 0.15) is 11.5 Å². The number of aromatic nitrogens is 3. The summed E-state index contributed by atoms with van der Waals surface area (Å²) in [7, 11) is 4.28. The maximum atomic E-state index is 13.7. The topological polar surface area (TPSA) is 102 Å². The van der Waals surface area contributed by atoms with Gasteiger partial charge in [0, 0.05) is 11.8 Å². The molecule has 4 aromatic rings. The molecule has 0 aliphatic heterocycles. The van der Waals surface area contributed by atoms with Crippen molar-refractivity contribution in [2.75, 3.05) is 21.3 Å². The molecule has 0 bridgehead atoms. The second-order valence-corrected chi connectivity index (χ2v) is 7.56. The lowest BCUT2D eigenvalue weighted by Crippen LogP contribution is -2.40. The van der Waals surface area contributed by atoms with Crippen LogP contribution in [0.2, 0.25) is 0 Å². The summed E-state index contributed by atoms with van der Waals surface area (Å²) >= 11 is 0. The van der Waals surface area contributed by atoms with E-state index in [0.29, 0.717) is 28.4 Å². The minimum absolute atomic E-state index is 0.0113. The number of hydrogen-bond donors (Lipinski definition) is 0. The molecule has 34 heavy (non-hydrogen) atoms. The van der Waals surface area contributed by atoms with Crippen molar-refractivity contribution in [3.05, 3.63) is 92.3 Å². The molecule has 0 saturated heterocycles. The zero-order valence-electron chi connectivity index (χ0n) is 19.2. The summed E-state index contributed by atoms with van der Waals surface area (Å²) in [4.78, 5) is 44.4. The Balaban J connectivity index is 2.12. The van der Waals surface area contributed by atoms with Gasteiger partial charge in [-0.1, -0.05) is 18.2 Å². The minimum atomic E-state index is -0.698. The normalized spacial score (nSPS) is 10.8. The average molecular weight is 461 g/mol. The summed E-state index contributed by atoms with van der Waals surface area (Å²) < 4.78 is 17.9. The lowest BCUT2D eigenvalue weighted by atomic mass is 10.1. The van der Waals surface area contributed by atoms with E-state index in [-0.39, 0.29) is 23.1 Å². The molecule has 0 unspecified atom stereocenters. The van der Waals surface area contributed by atoms with Gasteiger partial charge in [-0.05, 0) is 42.8 Å². The Hall–Kier alpha value is -4.40. The Bertz CT molecular complexity index is 1520. The predicted octanol–water partition coefficient (Wildman–Crippen LogP) is 2.71. The first kappa shape index (κ1) is 22.8. The molecule has 2 aromatic heterocycles. The van der Waals surface area contributed by atoms with Gasteiger partial charge in [-0.25, -0.2) is 19.1 Å². The van der Waals surface area contributed by atoms with Gasteiger partial charge in [0.25, 0.3) is 5.56 Å². The number of carbonyl (C=O) groups is 1. The molecule has 0 fully saturated rings. The fourth-order valence-corrected chi connectivity index (χ4v) is 3.81. The fraction of sp³-hybridized carbons (Fsp3) is 0.200. The molecule has 2 aromatic carbocycles. The molecule has 0 amide bonds. The Kier molecular flexibility index (Phi) is 6.18. The van der Waals surface area contributed by atoms with E-state index in [0.717, 1.165) is 4.57 Å². The van der Waals surface area contributed by atoms with Crippen molar-refractivity contribution in [1.29, 1.82) is 0 Å². The lowest BCUT2D eigenvalue weighted by molar-refractivity contribution is 0.0602. The van der Waals surface area contributed by atoms with Crippen molar-refractivity contribution in [1.82, 2.24) is 14.1 Å². The molecule has 0 N–H and O–H groups in total. The maximum Gasteiger partial charge on any atom is 0.338 e. The highest BCUT2D eigenvalue weighted by Crippen LogP contribution is 2.21. The van der Waals surface area contributed by atoms with E-state index < -0.39 is 17.2 Å². The van der Waals surface area contributed by atoms with Gasteiger partial charge in [0.05, 0.1) is 44.5 Å². The third kappa shape index (κ3) is 4.03. The summed E-state index contributed by atoms with van der Waals surface area (Å²) in [5.41, 5.74) is 0.403. The third-order valence-corrected chi connectivity index (χ3v) is 5.41. The van der Waals surface area contributed by atoms with Gasteiger partial charge >= 0.3 is 11.7 Å². The molecule has 0 aliphatic carbocycles. The van der Waals surface area contributed by atoms with E-state index in [4.69, 9.17) is 14.2 Å². The molecular formula is C25H23N3O6. The number of methoxy groups -OCH3 is 3. The second-order valence-electron chi connectivity index (χ2n) is 7.56. The molecule has 0 radical (unpaired) electrons.